The molecule has 0 saturated carbocycles. The van der Waals surface area contributed by atoms with Crippen LogP contribution in [-0.4, -0.2) is 10.2 Å². The number of benzene rings is 2. The average molecular weight is 348 g/mol. The van der Waals surface area contributed by atoms with Gasteiger partial charge in [0.1, 0.15) is 0 Å². The summed E-state index contributed by atoms with van der Waals surface area (Å²) in [5.41, 5.74) is 1.66. The van der Waals surface area contributed by atoms with Gasteiger partial charge in [-0.15, -0.1) is 0 Å². The molecule has 0 spiro atoms. The summed E-state index contributed by atoms with van der Waals surface area (Å²) in [5, 5.41) is 8.26. The van der Waals surface area contributed by atoms with Crippen molar-refractivity contribution in [3.8, 4) is 11.3 Å². The van der Waals surface area contributed by atoms with Crippen LogP contribution >= 0.6 is 22.6 Å². The number of hydrogen-bond acceptors (Lipinski definition) is 2. The summed E-state index contributed by atoms with van der Waals surface area (Å²) in [6, 6.07) is 15.6. The molecule has 1 heterocycles. The van der Waals surface area contributed by atoms with Crippen LogP contribution in [0.3, 0.4) is 0 Å². The fourth-order valence-electron chi connectivity index (χ4n) is 1.94. The Labute approximate surface area is 117 Å². The van der Waals surface area contributed by atoms with Gasteiger partial charge in [0.2, 0.25) is 0 Å². The van der Waals surface area contributed by atoms with E-state index in [1.807, 2.05) is 48.5 Å². The van der Waals surface area contributed by atoms with Crippen LogP contribution < -0.4 is 5.56 Å². The van der Waals surface area contributed by atoms with Gasteiger partial charge in [-0.25, -0.2) is 5.10 Å². The molecule has 0 fully saturated rings. The van der Waals surface area contributed by atoms with Gasteiger partial charge in [0.15, 0.2) is 0 Å². The molecule has 0 atom stereocenters. The molecular weight excluding hydrogens is 339 g/mol. The number of fused-ring (bicyclic) bond motifs is 1. The second kappa shape index (κ2) is 4.53. The Balaban J connectivity index is 2.33. The van der Waals surface area contributed by atoms with Gasteiger partial charge in [-0.3, -0.25) is 4.79 Å². The van der Waals surface area contributed by atoms with Crippen molar-refractivity contribution in [3.05, 3.63) is 62.5 Å². The van der Waals surface area contributed by atoms with Crippen molar-refractivity contribution in [2.45, 2.75) is 0 Å². The average Bonchev–Trinajstić information content (AvgIpc) is 2.41. The van der Waals surface area contributed by atoms with E-state index in [1.165, 1.54) is 3.57 Å². The molecule has 3 rings (SSSR count). The Morgan fingerprint density at radius 3 is 2.33 bits per heavy atom. The van der Waals surface area contributed by atoms with Crippen molar-refractivity contribution >= 4 is 33.4 Å². The molecule has 2 aromatic carbocycles. The van der Waals surface area contributed by atoms with E-state index in [4.69, 9.17) is 0 Å². The molecule has 3 aromatic rings. The van der Waals surface area contributed by atoms with Gasteiger partial charge < -0.3 is 0 Å². The number of halogens is 1. The molecule has 3 nitrogen and oxygen atoms in total. The third-order valence-corrected chi connectivity index (χ3v) is 3.53. The molecule has 18 heavy (non-hydrogen) atoms. The van der Waals surface area contributed by atoms with E-state index in [-0.39, 0.29) is 5.56 Å². The van der Waals surface area contributed by atoms with E-state index in [2.05, 4.69) is 32.8 Å². The van der Waals surface area contributed by atoms with Crippen molar-refractivity contribution in [2.24, 2.45) is 0 Å². The smallest absolute Gasteiger partial charge is 0.267 e. The number of rotatable bonds is 1. The van der Waals surface area contributed by atoms with E-state index >= 15 is 0 Å². The number of nitrogens with one attached hydrogen (secondary N) is 1. The third-order valence-electron chi connectivity index (χ3n) is 2.81. The number of aromatic amines is 1. The number of nitrogens with zero attached hydrogens (tertiary/aromatic N) is 1. The molecule has 0 unspecified atom stereocenters. The molecule has 0 bridgehead atoms. The van der Waals surface area contributed by atoms with E-state index in [0.29, 0.717) is 5.39 Å². The van der Waals surface area contributed by atoms with E-state index in [0.717, 1.165) is 16.6 Å². The van der Waals surface area contributed by atoms with Crippen molar-refractivity contribution in [2.75, 3.05) is 0 Å². The van der Waals surface area contributed by atoms with Crippen LogP contribution in [0.4, 0.5) is 0 Å². The molecular formula is C14H9IN2O. The number of H-pyrrole nitrogens is 1. The first-order chi connectivity index (χ1) is 8.75. The molecule has 0 aliphatic carbocycles. The van der Waals surface area contributed by atoms with Crippen LogP contribution in [0, 0.1) is 3.57 Å². The van der Waals surface area contributed by atoms with Gasteiger partial charge in [-0.05, 0) is 40.8 Å². The van der Waals surface area contributed by atoms with Gasteiger partial charge in [-0.1, -0.05) is 30.3 Å². The van der Waals surface area contributed by atoms with Gasteiger partial charge in [0.05, 0.1) is 11.1 Å². The van der Waals surface area contributed by atoms with Crippen LogP contribution in [-0.2, 0) is 0 Å². The minimum absolute atomic E-state index is 0.153. The zero-order valence-corrected chi connectivity index (χ0v) is 11.5. The number of aromatic nitrogens is 2. The lowest BCUT2D eigenvalue weighted by molar-refractivity contribution is 1.02. The second-order valence-electron chi connectivity index (χ2n) is 3.95. The molecule has 0 aliphatic heterocycles. The van der Waals surface area contributed by atoms with E-state index in [1.54, 1.807) is 0 Å². The van der Waals surface area contributed by atoms with Crippen molar-refractivity contribution in [1.82, 2.24) is 10.2 Å². The minimum Gasteiger partial charge on any atom is -0.267 e. The van der Waals surface area contributed by atoms with Crippen LogP contribution in [0.15, 0.2) is 53.3 Å². The highest BCUT2D eigenvalue weighted by Gasteiger charge is 2.07. The summed E-state index contributed by atoms with van der Waals surface area (Å²) < 4.78 is 1.17. The maximum absolute atomic E-state index is 11.7. The first-order valence-corrected chi connectivity index (χ1v) is 6.57. The maximum Gasteiger partial charge on any atom is 0.272 e. The Morgan fingerprint density at radius 1 is 0.944 bits per heavy atom. The molecule has 1 N–H and O–H groups in total. The quantitative estimate of drug-likeness (QED) is 0.687. The van der Waals surface area contributed by atoms with Crippen molar-refractivity contribution in [3.63, 3.8) is 0 Å². The van der Waals surface area contributed by atoms with Crippen LogP contribution in [0.25, 0.3) is 22.0 Å². The summed E-state index contributed by atoms with van der Waals surface area (Å²) >= 11 is 2.26. The fraction of sp³-hybridized carbons (Fsp3) is 0. The molecule has 1 aromatic heterocycles. The molecule has 0 amide bonds. The van der Waals surface area contributed by atoms with E-state index < -0.39 is 0 Å². The van der Waals surface area contributed by atoms with Crippen molar-refractivity contribution < 1.29 is 0 Å². The second-order valence-corrected chi connectivity index (χ2v) is 5.20. The summed E-state index contributed by atoms with van der Waals surface area (Å²) in [6.45, 7) is 0. The van der Waals surface area contributed by atoms with Gasteiger partial charge in [-0.2, -0.15) is 5.10 Å². The molecule has 88 valence electrons. The lowest BCUT2D eigenvalue weighted by Crippen LogP contribution is -2.09. The summed E-state index contributed by atoms with van der Waals surface area (Å²) in [6.07, 6.45) is 0. The predicted octanol–water partition coefficient (Wildman–Crippen LogP) is 3.19. The summed E-state index contributed by atoms with van der Waals surface area (Å²) in [4.78, 5) is 11.7. The highest BCUT2D eigenvalue weighted by atomic mass is 127. The summed E-state index contributed by atoms with van der Waals surface area (Å²) in [5.74, 6) is 0. The molecule has 4 heteroatoms. The van der Waals surface area contributed by atoms with Gasteiger partial charge >= 0.3 is 0 Å². The fourth-order valence-corrected chi connectivity index (χ4v) is 2.30. The monoisotopic (exact) mass is 348 g/mol. The van der Waals surface area contributed by atoms with E-state index in [9.17, 15) is 4.79 Å². The highest BCUT2D eigenvalue weighted by molar-refractivity contribution is 14.1. The van der Waals surface area contributed by atoms with Crippen LogP contribution in [0.5, 0.6) is 0 Å². The first-order valence-electron chi connectivity index (χ1n) is 5.49. The third kappa shape index (κ3) is 1.92. The largest absolute Gasteiger partial charge is 0.272 e. The molecule has 0 saturated heterocycles. The maximum atomic E-state index is 11.7. The van der Waals surface area contributed by atoms with Gasteiger partial charge in [0.25, 0.3) is 5.56 Å². The lowest BCUT2D eigenvalue weighted by Gasteiger charge is -2.04. The lowest BCUT2D eigenvalue weighted by atomic mass is 10.1. The first kappa shape index (κ1) is 11.4. The zero-order valence-electron chi connectivity index (χ0n) is 9.35. The standard InChI is InChI=1S/C14H9IN2O/c15-10-7-5-9(6-8-10)13-11-3-1-2-4-12(11)14(18)17-16-13/h1-8H,(H,17,18). The molecule has 0 radical (unpaired) electrons. The summed E-state index contributed by atoms with van der Waals surface area (Å²) in [7, 11) is 0. The Hall–Kier alpha value is -1.69. The SMILES string of the molecule is O=c1[nH]nc(-c2ccc(I)cc2)c2ccccc12. The van der Waals surface area contributed by atoms with Crippen molar-refractivity contribution in [1.29, 1.82) is 0 Å². The normalized spacial score (nSPS) is 10.7. The predicted molar refractivity (Wildman–Crippen MR) is 80.5 cm³/mol. The molecule has 0 aliphatic rings. The highest BCUT2D eigenvalue weighted by Crippen LogP contribution is 2.24. The Kier molecular flexibility index (Phi) is 2.87. The number of hydrogen-bond donors (Lipinski definition) is 1. The zero-order chi connectivity index (χ0) is 12.5. The Morgan fingerprint density at radius 2 is 1.61 bits per heavy atom. The topological polar surface area (TPSA) is 45.8 Å². The minimum atomic E-state index is -0.153. The van der Waals surface area contributed by atoms with Crippen LogP contribution in [0.1, 0.15) is 0 Å². The van der Waals surface area contributed by atoms with Crippen LogP contribution in [0.2, 0.25) is 0 Å². The van der Waals surface area contributed by atoms with Gasteiger partial charge in [0, 0.05) is 14.5 Å². The Bertz CT molecular complexity index is 763.